The van der Waals surface area contributed by atoms with Crippen molar-refractivity contribution in [3.63, 3.8) is 0 Å². The summed E-state index contributed by atoms with van der Waals surface area (Å²) in [5.41, 5.74) is 0. The lowest BCUT2D eigenvalue weighted by atomic mass is 9.63. The smallest absolute Gasteiger partial charge is 0.214 e. The molecule has 0 aromatic carbocycles. The zero-order valence-corrected chi connectivity index (χ0v) is 23.6. The maximum atomic E-state index is 11.4. The molecule has 0 spiro atoms. The van der Waals surface area contributed by atoms with E-state index in [4.69, 9.17) is 58.2 Å². The second-order valence-corrected chi connectivity index (χ2v) is 17.7. The van der Waals surface area contributed by atoms with Gasteiger partial charge in [-0.25, -0.2) is 0 Å². The molecule has 0 amide bonds. The molecule has 0 radical (unpaired) electrons. The lowest BCUT2D eigenvalue weighted by molar-refractivity contribution is -0.275. The summed E-state index contributed by atoms with van der Waals surface area (Å²) in [6, 6.07) is 0. The van der Waals surface area contributed by atoms with Gasteiger partial charge >= 0.3 is 0 Å². The van der Waals surface area contributed by atoms with Crippen molar-refractivity contribution >= 4 is 43.1 Å². The highest BCUT2D eigenvalue weighted by molar-refractivity contribution is 6.74. The number of alkyl halides is 3. The molecule has 4 rings (SSSR count). The molecular formula is C22H37Cl3O6Si. The highest BCUT2D eigenvalue weighted by Gasteiger charge is 2.99. The van der Waals surface area contributed by atoms with Crippen molar-refractivity contribution in [1.29, 1.82) is 0 Å². The third-order valence-electron chi connectivity index (χ3n) is 9.11. The van der Waals surface area contributed by atoms with Gasteiger partial charge in [-0.1, -0.05) is 27.7 Å². The molecule has 4 aliphatic rings. The fourth-order valence-corrected chi connectivity index (χ4v) is 10.3. The lowest BCUT2D eigenvalue weighted by Gasteiger charge is -2.53. The summed E-state index contributed by atoms with van der Waals surface area (Å²) >= 11 is 22.2. The van der Waals surface area contributed by atoms with Gasteiger partial charge in [-0.15, -0.1) is 34.8 Å². The molecule has 4 fully saturated rings. The van der Waals surface area contributed by atoms with E-state index in [9.17, 15) is 5.11 Å². The van der Waals surface area contributed by atoms with Crippen LogP contribution in [0.1, 0.15) is 34.6 Å². The summed E-state index contributed by atoms with van der Waals surface area (Å²) < 4.78 is 31.7. The maximum absolute atomic E-state index is 11.4. The van der Waals surface area contributed by atoms with Crippen molar-refractivity contribution in [1.82, 2.24) is 0 Å². The molecule has 0 unspecified atom stereocenters. The van der Waals surface area contributed by atoms with Crippen LogP contribution in [-0.2, 0) is 23.4 Å². The Kier molecular flexibility index (Phi) is 6.02. The maximum Gasteiger partial charge on any atom is 0.214 e. The Morgan fingerprint density at radius 2 is 1.66 bits per heavy atom. The van der Waals surface area contributed by atoms with Gasteiger partial charge in [0.25, 0.3) is 0 Å². The summed E-state index contributed by atoms with van der Waals surface area (Å²) in [6.07, 6.45) is -1.87. The van der Waals surface area contributed by atoms with Crippen LogP contribution in [0, 0.1) is 17.8 Å². The summed E-state index contributed by atoms with van der Waals surface area (Å²) in [5, 5.41) is 10.5. The molecule has 2 bridgehead atoms. The van der Waals surface area contributed by atoms with Crippen molar-refractivity contribution in [2.75, 3.05) is 20.8 Å². The zero-order valence-electron chi connectivity index (χ0n) is 20.4. The standard InChI is InChI=1S/C22H37Cl3O6Si/c1-10-29-21-17(23)19(24)12-13(20(21,25)22(19,27-6)28-7)16(30-21)14(26)11(2)15(12)31-32(8,9)18(3,4)5/h11-17,26H,10H2,1-9H3/t11-,12-,13+,14+,15+,16+,17+,19+,20-,21+/m0/s1. The second kappa shape index (κ2) is 7.43. The van der Waals surface area contributed by atoms with E-state index in [1.165, 1.54) is 14.2 Å². The van der Waals surface area contributed by atoms with E-state index in [-0.39, 0.29) is 16.9 Å². The van der Waals surface area contributed by atoms with Gasteiger partial charge in [-0.2, -0.15) is 0 Å². The molecule has 10 atom stereocenters. The van der Waals surface area contributed by atoms with Crippen LogP contribution in [0.2, 0.25) is 18.1 Å². The van der Waals surface area contributed by atoms with Crippen LogP contribution in [0.3, 0.4) is 0 Å². The molecule has 0 aromatic heterocycles. The second-order valence-electron chi connectivity index (χ2n) is 11.3. The molecular weight excluding hydrogens is 495 g/mol. The predicted molar refractivity (Wildman–Crippen MR) is 127 cm³/mol. The van der Waals surface area contributed by atoms with Crippen molar-refractivity contribution in [3.05, 3.63) is 0 Å². The minimum atomic E-state index is -2.25. The van der Waals surface area contributed by atoms with Crippen LogP contribution < -0.4 is 0 Å². The first kappa shape index (κ1) is 25.9. The lowest BCUT2D eigenvalue weighted by Crippen LogP contribution is -2.65. The van der Waals surface area contributed by atoms with E-state index in [0.717, 1.165) is 0 Å². The number of fused-ring (bicyclic) bond motifs is 2. The first-order chi connectivity index (χ1) is 14.6. The van der Waals surface area contributed by atoms with Gasteiger partial charge in [0.1, 0.15) is 10.3 Å². The van der Waals surface area contributed by atoms with Gasteiger partial charge in [0.15, 0.2) is 13.2 Å². The number of aliphatic hydroxyl groups excluding tert-OH is 1. The molecule has 1 saturated heterocycles. The van der Waals surface area contributed by atoms with Crippen LogP contribution in [-0.4, -0.2) is 79.3 Å². The van der Waals surface area contributed by atoms with E-state index in [2.05, 4.69) is 33.9 Å². The molecule has 3 aliphatic carbocycles. The fraction of sp³-hybridized carbons (Fsp3) is 1.00. The number of rotatable bonds is 6. The summed E-state index contributed by atoms with van der Waals surface area (Å²) in [6.45, 7) is 15.1. The van der Waals surface area contributed by atoms with E-state index < -0.39 is 59.2 Å². The summed E-state index contributed by atoms with van der Waals surface area (Å²) in [5.74, 6) is -4.06. The van der Waals surface area contributed by atoms with Gasteiger partial charge in [-0.3, -0.25) is 0 Å². The monoisotopic (exact) mass is 530 g/mol. The highest BCUT2D eigenvalue weighted by Crippen LogP contribution is 2.81. The highest BCUT2D eigenvalue weighted by atomic mass is 35.5. The van der Waals surface area contributed by atoms with Crippen LogP contribution >= 0.6 is 34.8 Å². The van der Waals surface area contributed by atoms with Gasteiger partial charge in [-0.05, 0) is 25.1 Å². The number of ether oxygens (including phenoxy) is 4. The first-order valence-electron chi connectivity index (χ1n) is 11.4. The molecule has 0 aromatic rings. The minimum absolute atomic E-state index is 0.0362. The van der Waals surface area contributed by atoms with Crippen molar-refractivity contribution < 1.29 is 28.5 Å². The average Bonchev–Trinajstić information content (AvgIpc) is 3.07. The van der Waals surface area contributed by atoms with E-state index in [1.54, 1.807) is 0 Å². The molecule has 32 heavy (non-hydrogen) atoms. The number of methoxy groups -OCH3 is 2. The van der Waals surface area contributed by atoms with E-state index >= 15 is 0 Å². The van der Waals surface area contributed by atoms with Crippen LogP contribution in [0.4, 0.5) is 0 Å². The molecule has 1 N–H and O–H groups in total. The van der Waals surface area contributed by atoms with Crippen LogP contribution in [0.25, 0.3) is 0 Å². The Morgan fingerprint density at radius 3 is 2.12 bits per heavy atom. The Hall–Kier alpha value is 0.847. The molecule has 1 aliphatic heterocycles. The molecule has 3 saturated carbocycles. The number of aliphatic hydroxyl groups is 1. The average molecular weight is 532 g/mol. The third kappa shape index (κ3) is 2.50. The largest absolute Gasteiger partial charge is 0.413 e. The predicted octanol–water partition coefficient (Wildman–Crippen LogP) is 4.33. The first-order valence-corrected chi connectivity index (χ1v) is 15.5. The van der Waals surface area contributed by atoms with E-state index in [0.29, 0.717) is 6.61 Å². The Labute approximate surface area is 207 Å². The fourth-order valence-electron chi connectivity index (χ4n) is 6.70. The normalized spacial score (nSPS) is 51.5. The molecule has 1 heterocycles. The topological polar surface area (TPSA) is 66.4 Å². The Balaban J connectivity index is 1.95. The van der Waals surface area contributed by atoms with Crippen molar-refractivity contribution in [2.45, 2.75) is 97.8 Å². The van der Waals surface area contributed by atoms with Crippen LogP contribution in [0.15, 0.2) is 0 Å². The third-order valence-corrected chi connectivity index (χ3v) is 15.8. The van der Waals surface area contributed by atoms with Crippen LogP contribution in [0.5, 0.6) is 0 Å². The number of hydrogen-bond acceptors (Lipinski definition) is 6. The Morgan fingerprint density at radius 1 is 1.09 bits per heavy atom. The van der Waals surface area contributed by atoms with Gasteiger partial charge in [0.2, 0.25) is 11.6 Å². The molecule has 186 valence electrons. The Bertz CT molecular complexity index is 775. The van der Waals surface area contributed by atoms with E-state index in [1.807, 2.05) is 13.8 Å². The van der Waals surface area contributed by atoms with Crippen molar-refractivity contribution in [3.8, 4) is 0 Å². The van der Waals surface area contributed by atoms with Crippen molar-refractivity contribution in [2.24, 2.45) is 17.8 Å². The summed E-state index contributed by atoms with van der Waals surface area (Å²) in [7, 11) is 0.788. The SMILES string of the molecule is CCO[C@]12O[C@H]3[C@H](O)[C@H](C)[C@@H](O[Si](C)(C)C(C)(C)C)[C@@H]4[C@H]3[C@@]1(Cl)C(OC)(OC)[C@]4(Cl)[C@H]2Cl. The van der Waals surface area contributed by atoms with Gasteiger partial charge in [0, 0.05) is 38.6 Å². The quantitative estimate of drug-likeness (QED) is 0.313. The summed E-state index contributed by atoms with van der Waals surface area (Å²) in [4.78, 5) is -2.69. The number of halogens is 3. The number of hydrogen-bond donors (Lipinski definition) is 1. The zero-order chi connectivity index (χ0) is 24.3. The molecule has 6 nitrogen and oxygen atoms in total. The minimum Gasteiger partial charge on any atom is -0.413 e. The van der Waals surface area contributed by atoms with Gasteiger partial charge in [0.05, 0.1) is 18.3 Å². The molecule has 10 heteroatoms. The van der Waals surface area contributed by atoms with Gasteiger partial charge < -0.3 is 28.5 Å².